The first-order valence-corrected chi connectivity index (χ1v) is 10.5. The number of allylic oxidation sites excluding steroid dienone is 4. The number of rotatable bonds is 2. The van der Waals surface area contributed by atoms with Crippen molar-refractivity contribution >= 4 is 15.9 Å². The SMILES string of the molecule is CC1C=CC=CC1C1(c2ccccc2)c2ccccc2-c2cc(Br)c(O)cc21. The van der Waals surface area contributed by atoms with Gasteiger partial charge in [0.05, 0.1) is 9.89 Å². The minimum Gasteiger partial charge on any atom is -0.507 e. The molecule has 0 aromatic heterocycles. The lowest BCUT2D eigenvalue weighted by atomic mass is 9.60. The van der Waals surface area contributed by atoms with Crippen LogP contribution in [0.25, 0.3) is 11.1 Å². The molecule has 2 heteroatoms. The Morgan fingerprint density at radius 3 is 2.32 bits per heavy atom. The standard InChI is InChI=1S/C26H21BrO/c1-17-9-5-7-13-21(17)26(18-10-3-2-4-11-18)22-14-8-6-12-19(22)20-15-24(27)25(28)16-23(20)26/h2-17,21,28H,1H3. The number of benzene rings is 3. The maximum absolute atomic E-state index is 10.6. The molecule has 2 aliphatic rings. The largest absolute Gasteiger partial charge is 0.507 e. The minimum atomic E-state index is -0.341. The third-order valence-electron chi connectivity index (χ3n) is 6.29. The molecule has 5 rings (SSSR count). The van der Waals surface area contributed by atoms with Gasteiger partial charge >= 0.3 is 0 Å². The predicted molar refractivity (Wildman–Crippen MR) is 119 cm³/mol. The molecule has 0 heterocycles. The molecule has 0 radical (unpaired) electrons. The quantitative estimate of drug-likeness (QED) is 0.473. The number of hydrogen-bond donors (Lipinski definition) is 1. The second-order valence-corrected chi connectivity index (χ2v) is 8.58. The van der Waals surface area contributed by atoms with Crippen LogP contribution >= 0.6 is 15.9 Å². The van der Waals surface area contributed by atoms with E-state index in [-0.39, 0.29) is 17.1 Å². The molecule has 28 heavy (non-hydrogen) atoms. The van der Waals surface area contributed by atoms with Gasteiger partial charge in [-0.25, -0.2) is 0 Å². The molecule has 3 atom stereocenters. The summed E-state index contributed by atoms with van der Waals surface area (Å²) in [6.45, 7) is 2.29. The monoisotopic (exact) mass is 428 g/mol. The van der Waals surface area contributed by atoms with Gasteiger partial charge in [-0.2, -0.15) is 0 Å². The molecular weight excluding hydrogens is 408 g/mol. The fraction of sp³-hybridized carbons (Fsp3) is 0.154. The van der Waals surface area contributed by atoms with Crippen molar-refractivity contribution < 1.29 is 5.11 Å². The summed E-state index contributed by atoms with van der Waals surface area (Å²) in [6, 6.07) is 23.5. The Labute approximate surface area is 174 Å². The van der Waals surface area contributed by atoms with Gasteiger partial charge in [-0.15, -0.1) is 0 Å². The number of phenolic OH excluding ortho intramolecular Hbond substituents is 1. The van der Waals surface area contributed by atoms with Crippen LogP contribution in [-0.4, -0.2) is 5.11 Å². The summed E-state index contributed by atoms with van der Waals surface area (Å²) < 4.78 is 0.733. The van der Waals surface area contributed by atoms with E-state index in [0.717, 1.165) is 4.47 Å². The highest BCUT2D eigenvalue weighted by atomic mass is 79.9. The second kappa shape index (κ2) is 6.49. The van der Waals surface area contributed by atoms with Gasteiger partial charge < -0.3 is 5.11 Å². The van der Waals surface area contributed by atoms with Crippen molar-refractivity contribution in [2.75, 3.05) is 0 Å². The first-order chi connectivity index (χ1) is 13.6. The molecule has 0 fully saturated rings. The van der Waals surface area contributed by atoms with Crippen LogP contribution in [0.4, 0.5) is 0 Å². The lowest BCUT2D eigenvalue weighted by Crippen LogP contribution is -2.38. The fourth-order valence-electron chi connectivity index (χ4n) is 5.14. The Kier molecular flexibility index (Phi) is 4.06. The molecule has 1 nitrogen and oxygen atoms in total. The molecule has 0 saturated heterocycles. The van der Waals surface area contributed by atoms with Gasteiger partial charge in [-0.05, 0) is 61.8 Å². The van der Waals surface area contributed by atoms with E-state index in [0.29, 0.717) is 5.92 Å². The average Bonchev–Trinajstić information content (AvgIpc) is 3.00. The summed E-state index contributed by atoms with van der Waals surface area (Å²) in [5, 5.41) is 10.6. The Morgan fingerprint density at radius 1 is 0.821 bits per heavy atom. The zero-order valence-corrected chi connectivity index (χ0v) is 17.2. The van der Waals surface area contributed by atoms with Crippen LogP contribution in [0.1, 0.15) is 23.6 Å². The third-order valence-corrected chi connectivity index (χ3v) is 6.93. The average molecular weight is 429 g/mol. The van der Waals surface area contributed by atoms with Crippen molar-refractivity contribution in [2.24, 2.45) is 11.8 Å². The van der Waals surface area contributed by atoms with Crippen LogP contribution in [-0.2, 0) is 5.41 Å². The molecule has 3 unspecified atom stereocenters. The van der Waals surface area contributed by atoms with E-state index in [9.17, 15) is 5.11 Å². The molecule has 2 aliphatic carbocycles. The fourth-order valence-corrected chi connectivity index (χ4v) is 5.48. The highest BCUT2D eigenvalue weighted by molar-refractivity contribution is 9.10. The number of hydrogen-bond acceptors (Lipinski definition) is 1. The number of halogens is 1. The Hall–Kier alpha value is -2.58. The highest BCUT2D eigenvalue weighted by Gasteiger charge is 2.50. The molecule has 0 aliphatic heterocycles. The molecule has 3 aromatic carbocycles. The molecule has 138 valence electrons. The van der Waals surface area contributed by atoms with Crippen LogP contribution < -0.4 is 0 Å². The van der Waals surface area contributed by atoms with Crippen molar-refractivity contribution in [1.29, 1.82) is 0 Å². The Balaban J connectivity index is 1.94. The van der Waals surface area contributed by atoms with Crippen LogP contribution in [0, 0.1) is 11.8 Å². The Morgan fingerprint density at radius 2 is 1.54 bits per heavy atom. The van der Waals surface area contributed by atoms with Gasteiger partial charge in [0.25, 0.3) is 0 Å². The van der Waals surface area contributed by atoms with E-state index < -0.39 is 0 Å². The highest BCUT2D eigenvalue weighted by Crippen LogP contribution is 2.59. The van der Waals surface area contributed by atoms with E-state index in [2.05, 4.69) is 108 Å². The van der Waals surface area contributed by atoms with E-state index in [4.69, 9.17) is 0 Å². The van der Waals surface area contributed by atoms with Gasteiger partial charge in [0.2, 0.25) is 0 Å². The van der Waals surface area contributed by atoms with Crippen LogP contribution in [0.15, 0.2) is 95.5 Å². The summed E-state index contributed by atoms with van der Waals surface area (Å²) in [6.07, 6.45) is 8.92. The van der Waals surface area contributed by atoms with Crippen molar-refractivity contribution in [2.45, 2.75) is 12.3 Å². The first kappa shape index (κ1) is 17.5. The number of fused-ring (bicyclic) bond motifs is 3. The van der Waals surface area contributed by atoms with Gasteiger partial charge in [-0.3, -0.25) is 0 Å². The van der Waals surface area contributed by atoms with Crippen LogP contribution in [0.5, 0.6) is 5.75 Å². The smallest absolute Gasteiger partial charge is 0.130 e. The molecule has 0 saturated carbocycles. The zero-order valence-electron chi connectivity index (χ0n) is 15.6. The normalized spacial score (nSPS) is 24.8. The van der Waals surface area contributed by atoms with E-state index in [1.165, 1.54) is 27.8 Å². The van der Waals surface area contributed by atoms with Crippen molar-refractivity contribution in [3.63, 3.8) is 0 Å². The van der Waals surface area contributed by atoms with Crippen molar-refractivity contribution in [1.82, 2.24) is 0 Å². The van der Waals surface area contributed by atoms with Gasteiger partial charge in [0.15, 0.2) is 0 Å². The molecule has 0 spiro atoms. The number of phenols is 1. The lowest BCUT2D eigenvalue weighted by molar-refractivity contribution is 0.372. The van der Waals surface area contributed by atoms with Gasteiger partial charge in [0, 0.05) is 5.92 Å². The van der Waals surface area contributed by atoms with E-state index >= 15 is 0 Å². The van der Waals surface area contributed by atoms with Crippen molar-refractivity contribution in [3.8, 4) is 16.9 Å². The molecule has 0 amide bonds. The molecule has 3 aromatic rings. The van der Waals surface area contributed by atoms with Gasteiger partial charge in [-0.1, -0.05) is 85.8 Å². The predicted octanol–water partition coefficient (Wildman–Crippen LogP) is 6.85. The van der Waals surface area contributed by atoms with E-state index in [1.54, 1.807) is 0 Å². The maximum Gasteiger partial charge on any atom is 0.130 e. The zero-order chi connectivity index (χ0) is 19.3. The van der Waals surface area contributed by atoms with Crippen LogP contribution in [0.2, 0.25) is 0 Å². The minimum absolute atomic E-state index is 0.253. The third kappa shape index (κ3) is 2.31. The maximum atomic E-state index is 10.6. The molecule has 1 N–H and O–H groups in total. The summed E-state index contributed by atoms with van der Waals surface area (Å²) in [5.74, 6) is 0.910. The summed E-state index contributed by atoms with van der Waals surface area (Å²) in [7, 11) is 0. The van der Waals surface area contributed by atoms with Gasteiger partial charge in [0.1, 0.15) is 5.75 Å². The summed E-state index contributed by atoms with van der Waals surface area (Å²) in [4.78, 5) is 0. The number of aromatic hydroxyl groups is 1. The van der Waals surface area contributed by atoms with Crippen molar-refractivity contribution in [3.05, 3.63) is 112 Å². The second-order valence-electron chi connectivity index (χ2n) is 7.72. The lowest BCUT2D eigenvalue weighted by Gasteiger charge is -2.42. The molecular formula is C26H21BrO. The van der Waals surface area contributed by atoms with E-state index in [1.807, 2.05) is 6.07 Å². The Bertz CT molecular complexity index is 1110. The summed E-state index contributed by atoms with van der Waals surface area (Å²) >= 11 is 3.53. The topological polar surface area (TPSA) is 20.2 Å². The molecule has 0 bridgehead atoms. The summed E-state index contributed by atoms with van der Waals surface area (Å²) in [5.41, 5.74) is 5.85. The van der Waals surface area contributed by atoms with Crippen LogP contribution in [0.3, 0.4) is 0 Å². The first-order valence-electron chi connectivity index (χ1n) is 9.67.